The van der Waals surface area contributed by atoms with Crippen molar-refractivity contribution in [3.63, 3.8) is 0 Å². The summed E-state index contributed by atoms with van der Waals surface area (Å²) in [6.45, 7) is -0.398. The summed E-state index contributed by atoms with van der Waals surface area (Å²) in [5.74, 6) is 0.150. The van der Waals surface area contributed by atoms with E-state index < -0.39 is 6.89 Å². The SMILES string of the molecule is CC1/C=C\C=C/Cc2ccccc2C2=C(C=CCC2)c2ccc(C3=CC(C#N)=P(c4ccccc4)(c4ccccc4)C(C#N)=C3)cc21. The minimum Gasteiger partial charge on any atom is -0.192 e. The molecule has 3 aliphatic rings. The van der Waals surface area contributed by atoms with Gasteiger partial charge < -0.3 is 0 Å². The summed E-state index contributed by atoms with van der Waals surface area (Å²) in [4.78, 5) is 0. The van der Waals surface area contributed by atoms with E-state index in [0.717, 1.165) is 41.0 Å². The van der Waals surface area contributed by atoms with Crippen LogP contribution in [0.3, 0.4) is 0 Å². The van der Waals surface area contributed by atoms with Gasteiger partial charge in [-0.3, -0.25) is 0 Å². The number of benzene rings is 4. The summed E-state index contributed by atoms with van der Waals surface area (Å²) in [5.41, 5.74) is 9.71. The Kier molecular flexibility index (Phi) is 8.46. The lowest BCUT2D eigenvalue weighted by molar-refractivity contribution is 0.959. The van der Waals surface area contributed by atoms with Crippen molar-refractivity contribution < 1.29 is 0 Å². The van der Waals surface area contributed by atoms with Gasteiger partial charge in [-0.05, 0) is 98.5 Å². The molecule has 226 valence electrons. The first-order valence-corrected chi connectivity index (χ1v) is 18.0. The molecule has 0 fully saturated rings. The molecule has 0 saturated carbocycles. The van der Waals surface area contributed by atoms with Crippen LogP contribution in [0.5, 0.6) is 0 Å². The summed E-state index contributed by atoms with van der Waals surface area (Å²) in [6.07, 6.45) is 20.4. The van der Waals surface area contributed by atoms with Crippen LogP contribution in [0.1, 0.15) is 53.5 Å². The largest absolute Gasteiger partial charge is 0.192 e. The number of hydrogen-bond acceptors (Lipinski definition) is 2. The molecular weight excluding hydrogens is 587 g/mol. The highest BCUT2D eigenvalue weighted by Crippen LogP contribution is 2.57. The van der Waals surface area contributed by atoms with Crippen LogP contribution in [0.2, 0.25) is 0 Å². The summed E-state index contributed by atoms with van der Waals surface area (Å²) in [6, 6.07) is 40.9. The van der Waals surface area contributed by atoms with Crippen molar-refractivity contribution in [3.8, 4) is 12.1 Å². The first-order chi connectivity index (χ1) is 23.1. The van der Waals surface area contributed by atoms with Gasteiger partial charge >= 0.3 is 0 Å². The van der Waals surface area contributed by atoms with Crippen LogP contribution in [0.25, 0.3) is 16.7 Å². The predicted octanol–water partition coefficient (Wildman–Crippen LogP) is 9.89. The van der Waals surface area contributed by atoms with Crippen molar-refractivity contribution in [2.45, 2.75) is 32.1 Å². The average molecular weight is 623 g/mol. The highest BCUT2D eigenvalue weighted by Gasteiger charge is 2.34. The fraction of sp³-hybridized carbons (Fsp3) is 0.114. The zero-order valence-corrected chi connectivity index (χ0v) is 27.4. The summed E-state index contributed by atoms with van der Waals surface area (Å²) < 4.78 is 0. The minimum atomic E-state index is -2.65. The van der Waals surface area contributed by atoms with Gasteiger partial charge in [-0.1, -0.05) is 140 Å². The van der Waals surface area contributed by atoms with Gasteiger partial charge in [0.1, 0.15) is 12.1 Å². The average Bonchev–Trinajstić information content (AvgIpc) is 3.14. The quantitative estimate of drug-likeness (QED) is 0.214. The Bertz CT molecular complexity index is 2150. The molecule has 3 heteroatoms. The number of nitrogens with zero attached hydrogens (tertiary/aromatic N) is 2. The first-order valence-electron chi connectivity index (χ1n) is 16.2. The van der Waals surface area contributed by atoms with Gasteiger partial charge in [0.25, 0.3) is 0 Å². The molecule has 0 N–H and O–H groups in total. The standard InChI is InChI=1S/C44H35N2P/c1-32-15-5-2-6-16-33-17-11-12-22-40(33)41-23-13-14-24-42(41)43-26-25-34(29-44(32)43)35-27-38(30-45)47(39(28-35)31-46,36-18-7-3-8-19-36)37-20-9-4-10-21-37/h2-12,14-15,17-22,24-29,32H,13,16,23H2,1H3/b6-2-,15-5-. The van der Waals surface area contributed by atoms with Crippen LogP contribution in [-0.2, 0) is 6.42 Å². The maximum absolute atomic E-state index is 10.8. The van der Waals surface area contributed by atoms with Crippen molar-refractivity contribution in [2.24, 2.45) is 0 Å². The number of fused-ring (bicyclic) bond motifs is 4. The Morgan fingerprint density at radius 1 is 0.723 bits per heavy atom. The highest BCUT2D eigenvalue weighted by molar-refractivity contribution is 7.93. The van der Waals surface area contributed by atoms with E-state index in [0.29, 0.717) is 10.6 Å². The fourth-order valence-electron chi connectivity index (χ4n) is 7.21. The van der Waals surface area contributed by atoms with Gasteiger partial charge in [0.2, 0.25) is 0 Å². The molecule has 0 spiro atoms. The minimum absolute atomic E-state index is 0.150. The molecule has 2 nitrogen and oxygen atoms in total. The molecule has 1 heterocycles. The number of hydrogen-bond donors (Lipinski definition) is 0. The summed E-state index contributed by atoms with van der Waals surface area (Å²) >= 11 is 0. The number of rotatable bonds is 3. The van der Waals surface area contributed by atoms with Crippen molar-refractivity contribution in [1.29, 1.82) is 10.5 Å². The molecule has 4 aromatic carbocycles. The topological polar surface area (TPSA) is 47.6 Å². The molecule has 0 radical (unpaired) electrons. The molecule has 1 unspecified atom stereocenters. The van der Waals surface area contributed by atoms with E-state index in [4.69, 9.17) is 0 Å². The van der Waals surface area contributed by atoms with Crippen molar-refractivity contribution in [3.05, 3.63) is 185 Å². The molecule has 1 aliphatic heterocycles. The van der Waals surface area contributed by atoms with Crippen LogP contribution < -0.4 is 10.6 Å². The molecular formula is C44H35N2P. The monoisotopic (exact) mass is 622 g/mol. The van der Waals surface area contributed by atoms with Crippen LogP contribution >= 0.6 is 6.89 Å². The lowest BCUT2D eigenvalue weighted by atomic mass is 9.81. The fourth-order valence-corrected chi connectivity index (χ4v) is 11.1. The van der Waals surface area contributed by atoms with Gasteiger partial charge in [-0.25, -0.2) is 0 Å². The zero-order chi connectivity index (χ0) is 32.2. The Hall–Kier alpha value is -5.40. The van der Waals surface area contributed by atoms with E-state index in [2.05, 4.69) is 122 Å². The molecule has 0 amide bonds. The third kappa shape index (κ3) is 5.42. The van der Waals surface area contributed by atoms with E-state index in [9.17, 15) is 10.5 Å². The third-order valence-electron chi connectivity index (χ3n) is 9.49. The molecule has 0 bridgehead atoms. The molecule has 4 aromatic rings. The second-order valence-corrected chi connectivity index (χ2v) is 15.5. The molecule has 0 aromatic heterocycles. The number of allylic oxidation sites excluding steroid dienone is 12. The van der Waals surface area contributed by atoms with Crippen molar-refractivity contribution >= 4 is 39.5 Å². The Balaban J connectivity index is 1.47. The van der Waals surface area contributed by atoms with Crippen molar-refractivity contribution in [1.82, 2.24) is 0 Å². The summed E-state index contributed by atoms with van der Waals surface area (Å²) in [7, 11) is 0. The maximum atomic E-state index is 10.8. The van der Waals surface area contributed by atoms with E-state index in [1.54, 1.807) is 0 Å². The van der Waals surface area contributed by atoms with Gasteiger partial charge in [0.05, 0.1) is 10.6 Å². The molecule has 2 aliphatic carbocycles. The van der Waals surface area contributed by atoms with Gasteiger partial charge in [-0.15, -0.1) is 0 Å². The molecule has 0 saturated heterocycles. The van der Waals surface area contributed by atoms with Crippen LogP contribution in [0.15, 0.2) is 157 Å². The second-order valence-electron chi connectivity index (χ2n) is 12.2. The van der Waals surface area contributed by atoms with E-state index in [1.807, 2.05) is 48.6 Å². The Labute approximate surface area is 278 Å². The number of nitriles is 2. The van der Waals surface area contributed by atoms with E-state index in [1.165, 1.54) is 33.4 Å². The predicted molar refractivity (Wildman–Crippen MR) is 200 cm³/mol. The van der Waals surface area contributed by atoms with Crippen LogP contribution in [0, 0.1) is 22.7 Å². The van der Waals surface area contributed by atoms with Gasteiger partial charge in [0.15, 0.2) is 0 Å². The molecule has 47 heavy (non-hydrogen) atoms. The van der Waals surface area contributed by atoms with Gasteiger partial charge in [0, 0.05) is 6.89 Å². The lowest BCUT2D eigenvalue weighted by Crippen LogP contribution is -2.24. The lowest BCUT2D eigenvalue weighted by Gasteiger charge is -2.31. The smallest absolute Gasteiger partial charge is 0.100 e. The van der Waals surface area contributed by atoms with Crippen LogP contribution in [-0.4, -0.2) is 5.29 Å². The Morgan fingerprint density at radius 2 is 1.45 bits per heavy atom. The second kappa shape index (κ2) is 13.1. The summed E-state index contributed by atoms with van der Waals surface area (Å²) in [5, 5.41) is 24.9. The van der Waals surface area contributed by atoms with Crippen molar-refractivity contribution in [2.75, 3.05) is 0 Å². The third-order valence-corrected chi connectivity index (χ3v) is 13.5. The van der Waals surface area contributed by atoms with Crippen LogP contribution in [0.4, 0.5) is 0 Å². The highest BCUT2D eigenvalue weighted by atomic mass is 31.2. The Morgan fingerprint density at radius 3 is 2.17 bits per heavy atom. The van der Waals surface area contributed by atoms with Gasteiger partial charge in [-0.2, -0.15) is 10.5 Å². The zero-order valence-electron chi connectivity index (χ0n) is 26.5. The molecule has 1 atom stereocenters. The molecule has 7 rings (SSSR count). The maximum Gasteiger partial charge on any atom is 0.100 e. The van der Waals surface area contributed by atoms with E-state index >= 15 is 0 Å². The van der Waals surface area contributed by atoms with E-state index in [-0.39, 0.29) is 5.92 Å². The normalized spacial score (nSPS) is 19.6. The first kappa shape index (κ1) is 30.3.